The summed E-state index contributed by atoms with van der Waals surface area (Å²) in [6, 6.07) is 1.67. The van der Waals surface area contributed by atoms with Crippen molar-refractivity contribution in [3.8, 4) is 0 Å². The molecule has 0 aliphatic carbocycles. The van der Waals surface area contributed by atoms with Crippen LogP contribution < -0.4 is 5.73 Å². The summed E-state index contributed by atoms with van der Waals surface area (Å²) in [6.45, 7) is 2.42. The number of hydrogen-bond acceptors (Lipinski definition) is 3. The standard InChI is InChI=1S/C9H14ClNO2/c1-2-6(5-11)8(12)7-3-4-13-9(7)10/h3-4,6,8,12H,2,5,11H2,1H3. The maximum Gasteiger partial charge on any atom is 0.198 e. The Morgan fingerprint density at radius 2 is 2.38 bits per heavy atom. The molecule has 1 rings (SSSR count). The van der Waals surface area contributed by atoms with E-state index in [-0.39, 0.29) is 11.1 Å². The van der Waals surface area contributed by atoms with Crippen LogP contribution in [0.25, 0.3) is 0 Å². The molecule has 4 heteroatoms. The normalized spacial score (nSPS) is 15.7. The first-order valence-corrected chi connectivity index (χ1v) is 4.69. The zero-order chi connectivity index (χ0) is 9.84. The Morgan fingerprint density at radius 1 is 1.69 bits per heavy atom. The number of hydrogen-bond donors (Lipinski definition) is 2. The Hall–Kier alpha value is -0.510. The van der Waals surface area contributed by atoms with E-state index in [4.69, 9.17) is 21.8 Å². The predicted molar refractivity (Wildman–Crippen MR) is 51.5 cm³/mol. The summed E-state index contributed by atoms with van der Waals surface area (Å²) in [7, 11) is 0. The largest absolute Gasteiger partial charge is 0.453 e. The summed E-state index contributed by atoms with van der Waals surface area (Å²) in [5.41, 5.74) is 6.13. The Kier molecular flexibility index (Phi) is 3.78. The lowest BCUT2D eigenvalue weighted by Gasteiger charge is -2.18. The van der Waals surface area contributed by atoms with Gasteiger partial charge in [-0.05, 0) is 30.6 Å². The maximum absolute atomic E-state index is 9.83. The van der Waals surface area contributed by atoms with Crippen LogP contribution in [0.5, 0.6) is 0 Å². The molecular formula is C9H14ClNO2. The van der Waals surface area contributed by atoms with Gasteiger partial charge in [-0.15, -0.1) is 0 Å². The summed E-state index contributed by atoms with van der Waals surface area (Å²) in [5.74, 6) is 0.0371. The van der Waals surface area contributed by atoms with Gasteiger partial charge in [0.1, 0.15) is 0 Å². The SMILES string of the molecule is CCC(CN)C(O)c1ccoc1Cl. The first-order chi connectivity index (χ1) is 6.20. The van der Waals surface area contributed by atoms with E-state index < -0.39 is 6.10 Å². The molecule has 0 radical (unpaired) electrons. The quantitative estimate of drug-likeness (QED) is 0.787. The molecule has 3 nitrogen and oxygen atoms in total. The van der Waals surface area contributed by atoms with E-state index in [9.17, 15) is 5.11 Å². The van der Waals surface area contributed by atoms with E-state index >= 15 is 0 Å². The average molecular weight is 204 g/mol. The fraction of sp³-hybridized carbons (Fsp3) is 0.556. The molecule has 2 atom stereocenters. The van der Waals surface area contributed by atoms with Crippen molar-refractivity contribution in [2.75, 3.05) is 6.54 Å². The molecule has 1 aromatic heterocycles. The molecule has 0 aromatic carbocycles. The van der Waals surface area contributed by atoms with Gasteiger partial charge in [0.25, 0.3) is 0 Å². The third-order valence-electron chi connectivity index (χ3n) is 2.24. The minimum absolute atomic E-state index is 0.0371. The molecule has 0 saturated carbocycles. The second-order valence-electron chi connectivity index (χ2n) is 3.00. The summed E-state index contributed by atoms with van der Waals surface area (Å²) >= 11 is 5.73. The Labute approximate surface area is 82.5 Å². The van der Waals surface area contributed by atoms with Crippen molar-refractivity contribution >= 4 is 11.6 Å². The molecule has 0 amide bonds. The molecule has 0 saturated heterocycles. The molecular weight excluding hydrogens is 190 g/mol. The van der Waals surface area contributed by atoms with Gasteiger partial charge in [0.05, 0.1) is 12.4 Å². The average Bonchev–Trinajstić information content (AvgIpc) is 2.53. The van der Waals surface area contributed by atoms with Crippen molar-refractivity contribution in [3.63, 3.8) is 0 Å². The molecule has 0 fully saturated rings. The van der Waals surface area contributed by atoms with Crippen LogP contribution in [0.2, 0.25) is 5.22 Å². The van der Waals surface area contributed by atoms with Crippen LogP contribution in [0, 0.1) is 5.92 Å². The lowest BCUT2D eigenvalue weighted by molar-refractivity contribution is 0.109. The van der Waals surface area contributed by atoms with Crippen molar-refractivity contribution in [3.05, 3.63) is 23.1 Å². The van der Waals surface area contributed by atoms with Crippen molar-refractivity contribution in [2.24, 2.45) is 11.7 Å². The highest BCUT2D eigenvalue weighted by atomic mass is 35.5. The van der Waals surface area contributed by atoms with Crippen molar-refractivity contribution < 1.29 is 9.52 Å². The summed E-state index contributed by atoms with van der Waals surface area (Å²) in [5, 5.41) is 10.1. The minimum Gasteiger partial charge on any atom is -0.453 e. The van der Waals surface area contributed by atoms with Gasteiger partial charge in [-0.2, -0.15) is 0 Å². The maximum atomic E-state index is 9.83. The number of rotatable bonds is 4. The van der Waals surface area contributed by atoms with Gasteiger partial charge in [-0.3, -0.25) is 0 Å². The number of aliphatic hydroxyl groups excluding tert-OH is 1. The number of nitrogens with two attached hydrogens (primary N) is 1. The van der Waals surface area contributed by atoms with Crippen LogP contribution >= 0.6 is 11.6 Å². The second kappa shape index (κ2) is 4.65. The Morgan fingerprint density at radius 3 is 2.77 bits per heavy atom. The van der Waals surface area contributed by atoms with Gasteiger partial charge in [-0.25, -0.2) is 0 Å². The van der Waals surface area contributed by atoms with Crippen LogP contribution in [0.15, 0.2) is 16.7 Å². The third kappa shape index (κ3) is 2.24. The molecule has 1 aromatic rings. The monoisotopic (exact) mass is 203 g/mol. The topological polar surface area (TPSA) is 59.4 Å². The van der Waals surface area contributed by atoms with Crippen LogP contribution in [-0.2, 0) is 0 Å². The molecule has 0 bridgehead atoms. The molecule has 2 unspecified atom stereocenters. The fourth-order valence-electron chi connectivity index (χ4n) is 1.29. The molecule has 3 N–H and O–H groups in total. The number of aliphatic hydroxyl groups is 1. The first kappa shape index (κ1) is 10.6. The summed E-state index contributed by atoms with van der Waals surface area (Å²) < 4.78 is 4.89. The second-order valence-corrected chi connectivity index (χ2v) is 3.34. The van der Waals surface area contributed by atoms with Crippen molar-refractivity contribution in [1.29, 1.82) is 0 Å². The zero-order valence-corrected chi connectivity index (χ0v) is 8.29. The van der Waals surface area contributed by atoms with Crippen molar-refractivity contribution in [2.45, 2.75) is 19.4 Å². The lowest BCUT2D eigenvalue weighted by Crippen LogP contribution is -2.21. The highest BCUT2D eigenvalue weighted by Gasteiger charge is 2.21. The summed E-state index contributed by atoms with van der Waals surface area (Å²) in [6.07, 6.45) is 1.66. The van der Waals surface area contributed by atoms with Gasteiger partial charge < -0.3 is 15.3 Å². The van der Waals surface area contributed by atoms with E-state index in [1.165, 1.54) is 6.26 Å². The van der Waals surface area contributed by atoms with Gasteiger partial charge >= 0.3 is 0 Å². The van der Waals surface area contributed by atoms with Crippen LogP contribution in [0.1, 0.15) is 25.0 Å². The first-order valence-electron chi connectivity index (χ1n) is 4.31. The molecule has 13 heavy (non-hydrogen) atoms. The number of halogens is 1. The van der Waals surface area contributed by atoms with Gasteiger partial charge in [0, 0.05) is 11.5 Å². The van der Waals surface area contributed by atoms with Crippen LogP contribution in [0.3, 0.4) is 0 Å². The molecule has 74 valence electrons. The van der Waals surface area contributed by atoms with Crippen molar-refractivity contribution in [1.82, 2.24) is 0 Å². The van der Waals surface area contributed by atoms with E-state index in [1.807, 2.05) is 6.92 Å². The van der Waals surface area contributed by atoms with E-state index in [1.54, 1.807) is 6.07 Å². The minimum atomic E-state index is -0.624. The highest BCUT2D eigenvalue weighted by Crippen LogP contribution is 2.30. The van der Waals surface area contributed by atoms with Crippen LogP contribution in [0.4, 0.5) is 0 Å². The molecule has 0 spiro atoms. The van der Waals surface area contributed by atoms with Gasteiger partial charge in [0.2, 0.25) is 0 Å². The summed E-state index contributed by atoms with van der Waals surface area (Å²) in [4.78, 5) is 0. The van der Waals surface area contributed by atoms with Crippen LogP contribution in [-0.4, -0.2) is 11.7 Å². The molecule has 0 aliphatic rings. The number of furan rings is 1. The Bertz CT molecular complexity index is 258. The molecule has 0 aliphatic heterocycles. The van der Waals surface area contributed by atoms with Gasteiger partial charge in [-0.1, -0.05) is 6.92 Å². The fourth-order valence-corrected chi connectivity index (χ4v) is 1.51. The smallest absolute Gasteiger partial charge is 0.198 e. The zero-order valence-electron chi connectivity index (χ0n) is 7.53. The van der Waals surface area contributed by atoms with Gasteiger partial charge in [0.15, 0.2) is 5.22 Å². The van der Waals surface area contributed by atoms with E-state index in [2.05, 4.69) is 0 Å². The third-order valence-corrected chi connectivity index (χ3v) is 2.55. The lowest BCUT2D eigenvalue weighted by atomic mass is 9.95. The Balaban J connectivity index is 2.77. The highest BCUT2D eigenvalue weighted by molar-refractivity contribution is 6.29. The van der Waals surface area contributed by atoms with E-state index in [0.29, 0.717) is 12.1 Å². The molecule has 1 heterocycles. The van der Waals surface area contributed by atoms with E-state index in [0.717, 1.165) is 6.42 Å². The predicted octanol–water partition coefficient (Wildman–Crippen LogP) is 1.95.